The number of amides is 2. The fourth-order valence-corrected chi connectivity index (χ4v) is 2.70. The van der Waals surface area contributed by atoms with Gasteiger partial charge in [0.2, 0.25) is 5.91 Å². The van der Waals surface area contributed by atoms with E-state index >= 15 is 0 Å². The minimum Gasteiger partial charge on any atom is -0.341 e. The van der Waals surface area contributed by atoms with Gasteiger partial charge in [-0.3, -0.25) is 9.59 Å². The molecule has 0 spiro atoms. The Kier molecular flexibility index (Phi) is 6.55. The minimum atomic E-state index is -0.557. The van der Waals surface area contributed by atoms with E-state index in [0.717, 1.165) is 4.47 Å². The number of nitrogens with zero attached hydrogens (tertiary/aromatic N) is 1. The number of rotatable bonds is 5. The summed E-state index contributed by atoms with van der Waals surface area (Å²) >= 11 is 7.59. The number of thiol groups is 1. The van der Waals surface area contributed by atoms with Crippen LogP contribution in [0.15, 0.2) is 27.6 Å². The third kappa shape index (κ3) is 4.24. The zero-order valence-electron chi connectivity index (χ0n) is 11.8. The zero-order chi connectivity index (χ0) is 15.3. The van der Waals surface area contributed by atoms with Crippen LogP contribution in [0.3, 0.4) is 0 Å². The smallest absolute Gasteiger partial charge is 0.253 e. The molecule has 0 fully saturated rings. The van der Waals surface area contributed by atoms with E-state index in [9.17, 15) is 9.59 Å². The van der Waals surface area contributed by atoms with Gasteiger partial charge in [-0.15, -0.1) is 12.6 Å². The van der Waals surface area contributed by atoms with Gasteiger partial charge in [0.05, 0.1) is 5.56 Å². The van der Waals surface area contributed by atoms with Crippen LogP contribution < -0.4 is 5.32 Å². The highest BCUT2D eigenvalue weighted by molar-refractivity contribution is 9.10. The molecule has 1 unspecified atom stereocenters. The van der Waals surface area contributed by atoms with Crippen LogP contribution in [-0.2, 0) is 4.79 Å². The summed E-state index contributed by atoms with van der Waals surface area (Å²) in [6.07, 6.45) is 0. The van der Waals surface area contributed by atoms with Crippen molar-refractivity contribution in [2.45, 2.75) is 31.7 Å². The molecule has 0 aliphatic rings. The van der Waals surface area contributed by atoms with Crippen LogP contribution >= 0.6 is 28.6 Å². The molecule has 1 N–H and O–H groups in total. The van der Waals surface area contributed by atoms with Crippen molar-refractivity contribution < 1.29 is 9.59 Å². The second kappa shape index (κ2) is 7.69. The number of hydrogen-bond acceptors (Lipinski definition) is 3. The summed E-state index contributed by atoms with van der Waals surface area (Å²) in [5, 5.41) is 2.71. The standard InChI is InChI=1S/C14H19BrN2O2S/c1-4-17(5-2)14(19)9(3)16-13(18)11-7-6-10(15)8-12(11)20/h6-9,20H,4-5H2,1-3H3,(H,16,18). The normalized spacial score (nSPS) is 11.8. The van der Waals surface area contributed by atoms with Crippen LogP contribution in [-0.4, -0.2) is 35.8 Å². The Morgan fingerprint density at radius 2 is 1.95 bits per heavy atom. The first-order valence-electron chi connectivity index (χ1n) is 6.48. The second-order valence-corrected chi connectivity index (χ2v) is 5.76. The molecule has 6 heteroatoms. The molecule has 0 aromatic heterocycles. The maximum atomic E-state index is 12.1. The van der Waals surface area contributed by atoms with Crippen molar-refractivity contribution in [1.29, 1.82) is 0 Å². The number of nitrogens with one attached hydrogen (secondary N) is 1. The average molecular weight is 359 g/mol. The van der Waals surface area contributed by atoms with Crippen LogP contribution in [0.2, 0.25) is 0 Å². The summed E-state index contributed by atoms with van der Waals surface area (Å²) in [7, 11) is 0. The molecule has 1 aromatic carbocycles. The number of halogens is 1. The molecule has 0 saturated carbocycles. The van der Waals surface area contributed by atoms with E-state index < -0.39 is 6.04 Å². The van der Waals surface area contributed by atoms with Crippen molar-refractivity contribution in [3.63, 3.8) is 0 Å². The number of hydrogen-bond donors (Lipinski definition) is 2. The number of likely N-dealkylation sites (N-methyl/N-ethyl adjacent to an activating group) is 1. The van der Waals surface area contributed by atoms with Gasteiger partial charge in [0.25, 0.3) is 5.91 Å². The highest BCUT2D eigenvalue weighted by Crippen LogP contribution is 2.19. The lowest BCUT2D eigenvalue weighted by molar-refractivity contribution is -0.132. The average Bonchev–Trinajstić information content (AvgIpc) is 2.39. The molecule has 1 atom stereocenters. The van der Waals surface area contributed by atoms with Gasteiger partial charge in [0, 0.05) is 22.5 Å². The third-order valence-corrected chi connectivity index (χ3v) is 3.86. The largest absolute Gasteiger partial charge is 0.341 e. The van der Waals surface area contributed by atoms with Crippen molar-refractivity contribution in [1.82, 2.24) is 10.2 Å². The Bertz CT molecular complexity index is 504. The molecule has 0 aliphatic heterocycles. The summed E-state index contributed by atoms with van der Waals surface area (Å²) in [6.45, 7) is 6.78. The van der Waals surface area contributed by atoms with Crippen molar-refractivity contribution >= 4 is 40.4 Å². The van der Waals surface area contributed by atoms with E-state index in [1.807, 2.05) is 13.8 Å². The first-order chi connectivity index (χ1) is 9.40. The van der Waals surface area contributed by atoms with E-state index in [-0.39, 0.29) is 11.8 Å². The van der Waals surface area contributed by atoms with Crippen molar-refractivity contribution in [2.24, 2.45) is 0 Å². The molecule has 1 aromatic rings. The fourth-order valence-electron chi connectivity index (χ4n) is 1.84. The van der Waals surface area contributed by atoms with Gasteiger partial charge in [-0.2, -0.15) is 0 Å². The highest BCUT2D eigenvalue weighted by atomic mass is 79.9. The van der Waals surface area contributed by atoms with E-state index in [1.54, 1.807) is 30.0 Å². The van der Waals surface area contributed by atoms with Gasteiger partial charge in [0.1, 0.15) is 6.04 Å². The lowest BCUT2D eigenvalue weighted by Gasteiger charge is -2.23. The molecule has 20 heavy (non-hydrogen) atoms. The summed E-state index contributed by atoms with van der Waals surface area (Å²) in [6, 6.07) is 4.63. The van der Waals surface area contributed by atoms with Crippen molar-refractivity contribution in [2.75, 3.05) is 13.1 Å². The molecule has 110 valence electrons. The molecule has 0 heterocycles. The number of carbonyl (C=O) groups excluding carboxylic acids is 2. The maximum absolute atomic E-state index is 12.1. The monoisotopic (exact) mass is 358 g/mol. The van der Waals surface area contributed by atoms with E-state index in [0.29, 0.717) is 23.5 Å². The predicted octanol–water partition coefficient (Wildman–Crippen LogP) is 2.72. The minimum absolute atomic E-state index is 0.0822. The molecular formula is C14H19BrN2O2S. The maximum Gasteiger partial charge on any atom is 0.253 e. The molecule has 0 aliphatic carbocycles. The number of benzene rings is 1. The van der Waals surface area contributed by atoms with Crippen molar-refractivity contribution in [3.05, 3.63) is 28.2 Å². The Morgan fingerprint density at radius 1 is 1.35 bits per heavy atom. The van der Waals surface area contributed by atoms with E-state index in [2.05, 4.69) is 33.9 Å². The van der Waals surface area contributed by atoms with Gasteiger partial charge in [-0.05, 0) is 39.0 Å². The first-order valence-corrected chi connectivity index (χ1v) is 7.72. The SMILES string of the molecule is CCN(CC)C(=O)C(C)NC(=O)c1ccc(Br)cc1S. The number of carbonyl (C=O) groups is 2. The summed E-state index contributed by atoms with van der Waals surface area (Å²) in [4.78, 5) is 26.5. The lowest BCUT2D eigenvalue weighted by atomic mass is 10.2. The summed E-state index contributed by atoms with van der Waals surface area (Å²) in [5.41, 5.74) is 0.454. The Balaban J connectivity index is 2.77. The molecule has 2 amide bonds. The molecule has 0 radical (unpaired) electrons. The highest BCUT2D eigenvalue weighted by Gasteiger charge is 2.21. The van der Waals surface area contributed by atoms with Gasteiger partial charge >= 0.3 is 0 Å². The first kappa shape index (κ1) is 17.0. The van der Waals surface area contributed by atoms with Crippen LogP contribution in [0.4, 0.5) is 0 Å². The van der Waals surface area contributed by atoms with Gasteiger partial charge < -0.3 is 10.2 Å². The third-order valence-electron chi connectivity index (χ3n) is 3.00. The predicted molar refractivity (Wildman–Crippen MR) is 86.3 cm³/mol. The lowest BCUT2D eigenvalue weighted by Crippen LogP contribution is -2.46. The van der Waals surface area contributed by atoms with Crippen molar-refractivity contribution in [3.8, 4) is 0 Å². The van der Waals surface area contributed by atoms with Gasteiger partial charge in [0.15, 0.2) is 0 Å². The topological polar surface area (TPSA) is 49.4 Å². The molecule has 0 saturated heterocycles. The second-order valence-electron chi connectivity index (χ2n) is 4.37. The molecule has 0 bridgehead atoms. The quantitative estimate of drug-likeness (QED) is 0.795. The molecule has 1 rings (SSSR count). The molecule has 4 nitrogen and oxygen atoms in total. The van der Waals surface area contributed by atoms with Crippen LogP contribution in [0, 0.1) is 0 Å². The van der Waals surface area contributed by atoms with Gasteiger partial charge in [-0.1, -0.05) is 15.9 Å². The Labute approximate surface area is 133 Å². The Morgan fingerprint density at radius 3 is 2.45 bits per heavy atom. The van der Waals surface area contributed by atoms with E-state index in [4.69, 9.17) is 0 Å². The molecular weight excluding hydrogens is 340 g/mol. The van der Waals surface area contributed by atoms with Crippen LogP contribution in [0.25, 0.3) is 0 Å². The van der Waals surface area contributed by atoms with E-state index in [1.165, 1.54) is 0 Å². The summed E-state index contributed by atoms with van der Waals surface area (Å²) < 4.78 is 0.853. The van der Waals surface area contributed by atoms with Crippen LogP contribution in [0.5, 0.6) is 0 Å². The zero-order valence-corrected chi connectivity index (χ0v) is 14.3. The van der Waals surface area contributed by atoms with Crippen LogP contribution in [0.1, 0.15) is 31.1 Å². The van der Waals surface area contributed by atoms with Gasteiger partial charge in [-0.25, -0.2) is 0 Å². The summed E-state index contributed by atoms with van der Waals surface area (Å²) in [5.74, 6) is -0.378. The fraction of sp³-hybridized carbons (Fsp3) is 0.429. The Hall–Kier alpha value is -1.01.